The number of anilines is 1. The molecule has 1 N–H and O–H groups in total. The fourth-order valence-corrected chi connectivity index (χ4v) is 4.22. The molecule has 0 saturated heterocycles. The minimum absolute atomic E-state index is 0.0682. The Bertz CT molecular complexity index is 798. The highest BCUT2D eigenvalue weighted by Gasteiger charge is 2.42. The predicted molar refractivity (Wildman–Crippen MR) is 112 cm³/mol. The highest BCUT2D eigenvalue weighted by molar-refractivity contribution is 6.30. The molecule has 4 heteroatoms. The molecule has 2 aromatic rings. The van der Waals surface area contributed by atoms with Gasteiger partial charge in [-0.25, -0.2) is 0 Å². The lowest BCUT2D eigenvalue weighted by Gasteiger charge is -2.29. The number of carbonyl (C=O) groups is 1. The van der Waals surface area contributed by atoms with Crippen LogP contribution in [0.3, 0.4) is 0 Å². The third-order valence-corrected chi connectivity index (χ3v) is 5.61. The molecule has 0 aliphatic heterocycles. The van der Waals surface area contributed by atoms with Crippen molar-refractivity contribution in [1.29, 1.82) is 0 Å². The number of hydrogen-bond acceptors (Lipinski definition) is 2. The third kappa shape index (κ3) is 4.14. The van der Waals surface area contributed by atoms with Crippen molar-refractivity contribution in [2.45, 2.75) is 64.9 Å². The van der Waals surface area contributed by atoms with Crippen LogP contribution in [0.4, 0.5) is 5.69 Å². The van der Waals surface area contributed by atoms with Gasteiger partial charge in [-0.2, -0.15) is 0 Å². The molecule has 0 bridgehead atoms. The lowest BCUT2D eigenvalue weighted by molar-refractivity contribution is -0.121. The molecular formula is C23H28ClNO2. The van der Waals surface area contributed by atoms with Crippen molar-refractivity contribution in [1.82, 2.24) is 0 Å². The molecule has 1 aliphatic rings. The first kappa shape index (κ1) is 19.8. The van der Waals surface area contributed by atoms with E-state index in [-0.39, 0.29) is 12.0 Å². The molecule has 0 radical (unpaired) electrons. The Kier molecular flexibility index (Phi) is 5.81. The van der Waals surface area contributed by atoms with Gasteiger partial charge in [0.25, 0.3) is 0 Å². The SMILES string of the molecule is Cc1cc(NC(=O)C2(c3ccc(Cl)cc3)CCCC2)cc(C)c1OC(C)C. The van der Waals surface area contributed by atoms with Gasteiger partial charge in [-0.3, -0.25) is 4.79 Å². The summed E-state index contributed by atoms with van der Waals surface area (Å²) >= 11 is 6.05. The number of carbonyl (C=O) groups excluding carboxylic acids is 1. The molecule has 2 aromatic carbocycles. The second-order valence-corrected chi connectivity index (χ2v) is 8.29. The molecule has 27 heavy (non-hydrogen) atoms. The van der Waals surface area contributed by atoms with Gasteiger partial charge in [0.1, 0.15) is 5.75 Å². The van der Waals surface area contributed by atoms with Crippen molar-refractivity contribution >= 4 is 23.2 Å². The minimum Gasteiger partial charge on any atom is -0.490 e. The second-order valence-electron chi connectivity index (χ2n) is 7.86. The Hall–Kier alpha value is -2.00. The van der Waals surface area contributed by atoms with E-state index in [0.717, 1.165) is 53.8 Å². The summed E-state index contributed by atoms with van der Waals surface area (Å²) in [7, 11) is 0. The van der Waals surface area contributed by atoms with Crippen LogP contribution in [0.15, 0.2) is 36.4 Å². The number of amides is 1. The summed E-state index contributed by atoms with van der Waals surface area (Å²) in [4.78, 5) is 13.3. The molecule has 1 aliphatic carbocycles. The summed E-state index contributed by atoms with van der Waals surface area (Å²) in [6, 6.07) is 11.7. The molecule has 0 atom stereocenters. The zero-order valence-corrected chi connectivity index (χ0v) is 17.3. The van der Waals surface area contributed by atoms with E-state index in [9.17, 15) is 4.79 Å². The van der Waals surface area contributed by atoms with E-state index < -0.39 is 5.41 Å². The van der Waals surface area contributed by atoms with Crippen LogP contribution in [0.2, 0.25) is 5.02 Å². The van der Waals surface area contributed by atoms with Crippen molar-refractivity contribution < 1.29 is 9.53 Å². The molecular weight excluding hydrogens is 358 g/mol. The molecule has 0 aromatic heterocycles. The zero-order valence-electron chi connectivity index (χ0n) is 16.6. The Morgan fingerprint density at radius 2 is 1.63 bits per heavy atom. The van der Waals surface area contributed by atoms with Gasteiger partial charge in [-0.1, -0.05) is 36.6 Å². The van der Waals surface area contributed by atoms with Crippen molar-refractivity contribution in [3.63, 3.8) is 0 Å². The molecule has 0 spiro atoms. The Morgan fingerprint density at radius 1 is 1.07 bits per heavy atom. The fraction of sp³-hybridized carbons (Fsp3) is 0.435. The van der Waals surface area contributed by atoms with Crippen LogP contribution >= 0.6 is 11.6 Å². The lowest BCUT2D eigenvalue weighted by Crippen LogP contribution is -2.38. The monoisotopic (exact) mass is 385 g/mol. The zero-order chi connectivity index (χ0) is 19.6. The third-order valence-electron chi connectivity index (χ3n) is 5.36. The normalized spacial score (nSPS) is 15.8. The lowest BCUT2D eigenvalue weighted by atomic mass is 9.78. The summed E-state index contributed by atoms with van der Waals surface area (Å²) in [5.74, 6) is 0.968. The maximum atomic E-state index is 13.3. The van der Waals surface area contributed by atoms with Crippen molar-refractivity contribution in [3.05, 3.63) is 58.1 Å². The van der Waals surface area contributed by atoms with E-state index >= 15 is 0 Å². The first-order chi connectivity index (χ1) is 12.8. The van der Waals surface area contributed by atoms with E-state index in [2.05, 4.69) is 5.32 Å². The van der Waals surface area contributed by atoms with Crippen molar-refractivity contribution in [3.8, 4) is 5.75 Å². The first-order valence-electron chi connectivity index (χ1n) is 9.67. The average Bonchev–Trinajstić information content (AvgIpc) is 3.10. The van der Waals surface area contributed by atoms with E-state index in [1.807, 2.05) is 64.1 Å². The van der Waals surface area contributed by atoms with E-state index in [1.54, 1.807) is 0 Å². The second kappa shape index (κ2) is 7.93. The van der Waals surface area contributed by atoms with Crippen LogP contribution in [0.5, 0.6) is 5.75 Å². The number of hydrogen-bond donors (Lipinski definition) is 1. The highest BCUT2D eigenvalue weighted by atomic mass is 35.5. The number of benzene rings is 2. The van der Waals surface area contributed by atoms with Crippen molar-refractivity contribution in [2.24, 2.45) is 0 Å². The summed E-state index contributed by atoms with van der Waals surface area (Å²) in [6.45, 7) is 8.07. The molecule has 0 heterocycles. The molecule has 1 amide bonds. The van der Waals surface area contributed by atoms with E-state index in [1.165, 1.54) is 0 Å². The fourth-order valence-electron chi connectivity index (χ4n) is 4.09. The Morgan fingerprint density at radius 3 is 2.15 bits per heavy atom. The Labute approximate surface area is 167 Å². The summed E-state index contributed by atoms with van der Waals surface area (Å²) in [6.07, 6.45) is 3.99. The molecule has 1 fully saturated rings. The van der Waals surface area contributed by atoms with E-state index in [4.69, 9.17) is 16.3 Å². The number of rotatable bonds is 5. The van der Waals surface area contributed by atoms with Crippen LogP contribution < -0.4 is 10.1 Å². The van der Waals surface area contributed by atoms with Gasteiger partial charge in [0.15, 0.2) is 0 Å². The summed E-state index contributed by atoms with van der Waals surface area (Å²) < 4.78 is 5.91. The number of nitrogens with one attached hydrogen (secondary N) is 1. The van der Waals surface area contributed by atoms with Gasteiger partial charge < -0.3 is 10.1 Å². The van der Waals surface area contributed by atoms with Crippen LogP contribution in [0, 0.1) is 13.8 Å². The predicted octanol–water partition coefficient (Wildman–Crippen LogP) is 6.19. The largest absolute Gasteiger partial charge is 0.490 e. The first-order valence-corrected chi connectivity index (χ1v) is 10.0. The van der Waals surface area contributed by atoms with Gasteiger partial charge >= 0.3 is 0 Å². The molecule has 0 unspecified atom stereocenters. The molecule has 1 saturated carbocycles. The summed E-state index contributed by atoms with van der Waals surface area (Å²) in [5, 5.41) is 3.87. The highest BCUT2D eigenvalue weighted by Crippen LogP contribution is 2.42. The maximum absolute atomic E-state index is 13.3. The van der Waals surface area contributed by atoms with Gasteiger partial charge in [0, 0.05) is 10.7 Å². The average molecular weight is 386 g/mol. The Balaban J connectivity index is 1.88. The maximum Gasteiger partial charge on any atom is 0.235 e. The van der Waals surface area contributed by atoms with E-state index in [0.29, 0.717) is 5.02 Å². The minimum atomic E-state index is -0.473. The van der Waals surface area contributed by atoms with Gasteiger partial charge in [-0.05, 0) is 81.5 Å². The standard InChI is InChI=1S/C23H28ClNO2/c1-15(2)27-21-16(3)13-20(14-17(21)4)25-22(26)23(11-5-6-12-23)18-7-9-19(24)10-8-18/h7-10,13-15H,5-6,11-12H2,1-4H3,(H,25,26). The number of ether oxygens (including phenoxy) is 1. The quantitative estimate of drug-likeness (QED) is 0.665. The number of aryl methyl sites for hydroxylation is 2. The van der Waals surface area contributed by atoms with Gasteiger partial charge in [0.05, 0.1) is 11.5 Å². The van der Waals surface area contributed by atoms with Gasteiger partial charge in [-0.15, -0.1) is 0 Å². The van der Waals surface area contributed by atoms with Crippen molar-refractivity contribution in [2.75, 3.05) is 5.32 Å². The molecule has 3 nitrogen and oxygen atoms in total. The van der Waals surface area contributed by atoms with Gasteiger partial charge in [0.2, 0.25) is 5.91 Å². The molecule has 144 valence electrons. The summed E-state index contributed by atoms with van der Waals surface area (Å²) in [5.41, 5.74) is 3.47. The number of halogens is 1. The van der Waals surface area contributed by atoms with Crippen LogP contribution in [0.1, 0.15) is 56.2 Å². The molecule has 3 rings (SSSR count). The topological polar surface area (TPSA) is 38.3 Å². The van der Waals surface area contributed by atoms with Crippen LogP contribution in [-0.4, -0.2) is 12.0 Å². The van der Waals surface area contributed by atoms with Crippen LogP contribution in [0.25, 0.3) is 0 Å². The van der Waals surface area contributed by atoms with Crippen LogP contribution in [-0.2, 0) is 10.2 Å². The smallest absolute Gasteiger partial charge is 0.235 e.